The van der Waals surface area contributed by atoms with Crippen LogP contribution in [0.5, 0.6) is 17.2 Å². The van der Waals surface area contributed by atoms with Gasteiger partial charge in [-0.25, -0.2) is 0 Å². The Kier molecular flexibility index (Phi) is 6.09. The Hall–Kier alpha value is -2.17. The van der Waals surface area contributed by atoms with E-state index in [9.17, 15) is 4.79 Å². The highest BCUT2D eigenvalue weighted by Gasteiger charge is 2.20. The van der Waals surface area contributed by atoms with Crippen molar-refractivity contribution in [3.63, 3.8) is 0 Å². The van der Waals surface area contributed by atoms with Gasteiger partial charge in [0.05, 0.1) is 21.3 Å². The molecule has 0 heterocycles. The van der Waals surface area contributed by atoms with E-state index in [2.05, 4.69) is 6.58 Å². The summed E-state index contributed by atoms with van der Waals surface area (Å²) in [6, 6.07) is 3.32. The lowest BCUT2D eigenvalue weighted by Gasteiger charge is -2.22. The SMILES string of the molecule is C=C(C)CN(CC)C(=O)c1cc(OC)c(OC)c(OC)c1. The van der Waals surface area contributed by atoms with Crippen molar-refractivity contribution in [2.24, 2.45) is 0 Å². The van der Waals surface area contributed by atoms with Crippen LogP contribution in [0.25, 0.3) is 0 Å². The third kappa shape index (κ3) is 3.90. The molecule has 0 fully saturated rings. The second kappa shape index (κ2) is 7.57. The molecule has 0 saturated carbocycles. The van der Waals surface area contributed by atoms with Gasteiger partial charge >= 0.3 is 0 Å². The molecular formula is C16H23NO4. The summed E-state index contributed by atoms with van der Waals surface area (Å²) in [5, 5.41) is 0. The molecule has 1 amide bonds. The monoisotopic (exact) mass is 293 g/mol. The molecule has 5 nitrogen and oxygen atoms in total. The fraction of sp³-hybridized carbons (Fsp3) is 0.438. The Morgan fingerprint density at radius 2 is 1.67 bits per heavy atom. The van der Waals surface area contributed by atoms with Crippen LogP contribution < -0.4 is 14.2 Å². The zero-order valence-electron chi connectivity index (χ0n) is 13.4. The van der Waals surface area contributed by atoms with Crippen LogP contribution in [-0.4, -0.2) is 45.2 Å². The molecule has 0 unspecified atom stereocenters. The van der Waals surface area contributed by atoms with Crippen LogP contribution in [0, 0.1) is 0 Å². The summed E-state index contributed by atoms with van der Waals surface area (Å²) in [5.41, 5.74) is 1.42. The lowest BCUT2D eigenvalue weighted by molar-refractivity contribution is 0.0777. The van der Waals surface area contributed by atoms with E-state index < -0.39 is 0 Å². The third-order valence-corrected chi connectivity index (χ3v) is 3.04. The number of nitrogens with zero attached hydrogens (tertiary/aromatic N) is 1. The molecule has 21 heavy (non-hydrogen) atoms. The van der Waals surface area contributed by atoms with Crippen molar-refractivity contribution in [2.45, 2.75) is 13.8 Å². The zero-order valence-corrected chi connectivity index (χ0v) is 13.4. The Morgan fingerprint density at radius 3 is 2.00 bits per heavy atom. The number of hydrogen-bond acceptors (Lipinski definition) is 4. The average molecular weight is 293 g/mol. The van der Waals surface area contributed by atoms with E-state index >= 15 is 0 Å². The van der Waals surface area contributed by atoms with Crippen molar-refractivity contribution in [1.82, 2.24) is 4.90 Å². The molecule has 0 atom stereocenters. The number of amides is 1. The Labute approximate surface area is 126 Å². The number of ether oxygens (including phenoxy) is 3. The molecular weight excluding hydrogens is 270 g/mol. The predicted octanol–water partition coefficient (Wildman–Crippen LogP) is 2.75. The van der Waals surface area contributed by atoms with Crippen molar-refractivity contribution in [2.75, 3.05) is 34.4 Å². The number of carbonyl (C=O) groups is 1. The van der Waals surface area contributed by atoms with Gasteiger partial charge in [0.25, 0.3) is 5.91 Å². The fourth-order valence-corrected chi connectivity index (χ4v) is 2.04. The second-order valence-corrected chi connectivity index (χ2v) is 4.69. The third-order valence-electron chi connectivity index (χ3n) is 3.04. The van der Waals surface area contributed by atoms with Crippen LogP contribution in [0.2, 0.25) is 0 Å². The highest BCUT2D eigenvalue weighted by atomic mass is 16.5. The largest absolute Gasteiger partial charge is 0.493 e. The van der Waals surface area contributed by atoms with Gasteiger partial charge < -0.3 is 19.1 Å². The molecule has 1 aromatic rings. The molecule has 1 aromatic carbocycles. The molecule has 0 spiro atoms. The minimum absolute atomic E-state index is 0.0975. The van der Waals surface area contributed by atoms with E-state index in [1.807, 2.05) is 13.8 Å². The van der Waals surface area contributed by atoms with Crippen molar-refractivity contribution in [3.05, 3.63) is 29.8 Å². The van der Waals surface area contributed by atoms with Gasteiger partial charge in [-0.1, -0.05) is 12.2 Å². The lowest BCUT2D eigenvalue weighted by Crippen LogP contribution is -2.32. The average Bonchev–Trinajstić information content (AvgIpc) is 2.49. The highest BCUT2D eigenvalue weighted by Crippen LogP contribution is 2.38. The molecule has 0 aliphatic carbocycles. The molecule has 0 aliphatic heterocycles. The maximum absolute atomic E-state index is 12.6. The molecule has 0 N–H and O–H groups in total. The zero-order chi connectivity index (χ0) is 16.0. The summed E-state index contributed by atoms with van der Waals surface area (Å²) in [7, 11) is 4.58. The van der Waals surface area contributed by atoms with E-state index in [4.69, 9.17) is 14.2 Å². The number of rotatable bonds is 7. The van der Waals surface area contributed by atoms with Crippen LogP contribution in [0.15, 0.2) is 24.3 Å². The summed E-state index contributed by atoms with van der Waals surface area (Å²) in [6.07, 6.45) is 0. The van der Waals surface area contributed by atoms with Crippen molar-refractivity contribution in [3.8, 4) is 17.2 Å². The van der Waals surface area contributed by atoms with E-state index in [0.717, 1.165) is 5.57 Å². The highest BCUT2D eigenvalue weighted by molar-refractivity contribution is 5.95. The normalized spacial score (nSPS) is 9.95. The van der Waals surface area contributed by atoms with Crippen LogP contribution in [-0.2, 0) is 0 Å². The van der Waals surface area contributed by atoms with E-state index in [0.29, 0.717) is 35.9 Å². The maximum Gasteiger partial charge on any atom is 0.254 e. The fourth-order valence-electron chi connectivity index (χ4n) is 2.04. The van der Waals surface area contributed by atoms with Gasteiger partial charge in [0, 0.05) is 18.7 Å². The minimum atomic E-state index is -0.0975. The Balaban J connectivity index is 3.23. The summed E-state index contributed by atoms with van der Waals surface area (Å²) in [6.45, 7) is 8.79. The molecule has 0 radical (unpaired) electrons. The number of likely N-dealkylation sites (N-methyl/N-ethyl adjacent to an activating group) is 1. The summed E-state index contributed by atoms with van der Waals surface area (Å²) >= 11 is 0. The summed E-state index contributed by atoms with van der Waals surface area (Å²) < 4.78 is 15.8. The number of methoxy groups -OCH3 is 3. The van der Waals surface area contributed by atoms with E-state index in [1.54, 1.807) is 17.0 Å². The Bertz CT molecular complexity index is 500. The molecule has 1 rings (SSSR count). The van der Waals surface area contributed by atoms with Gasteiger partial charge in [0.2, 0.25) is 5.75 Å². The molecule has 116 valence electrons. The molecule has 0 aliphatic rings. The van der Waals surface area contributed by atoms with Gasteiger partial charge in [-0.15, -0.1) is 0 Å². The first-order valence-electron chi connectivity index (χ1n) is 6.72. The van der Waals surface area contributed by atoms with Gasteiger partial charge in [-0.05, 0) is 26.0 Å². The molecule has 0 saturated heterocycles. The van der Waals surface area contributed by atoms with Crippen LogP contribution in [0.4, 0.5) is 0 Å². The van der Waals surface area contributed by atoms with Gasteiger partial charge in [-0.2, -0.15) is 0 Å². The number of hydrogen-bond donors (Lipinski definition) is 0. The van der Waals surface area contributed by atoms with Gasteiger partial charge in [-0.3, -0.25) is 4.79 Å². The first-order valence-corrected chi connectivity index (χ1v) is 6.72. The van der Waals surface area contributed by atoms with Crippen LogP contribution in [0.1, 0.15) is 24.2 Å². The first-order chi connectivity index (χ1) is 9.98. The molecule has 0 aromatic heterocycles. The molecule has 0 bridgehead atoms. The van der Waals surface area contributed by atoms with Crippen molar-refractivity contribution < 1.29 is 19.0 Å². The van der Waals surface area contributed by atoms with Gasteiger partial charge in [0.1, 0.15) is 0 Å². The predicted molar refractivity (Wildman–Crippen MR) is 82.5 cm³/mol. The summed E-state index contributed by atoms with van der Waals surface area (Å²) in [4.78, 5) is 14.3. The molecule has 5 heteroatoms. The number of carbonyl (C=O) groups excluding carboxylic acids is 1. The topological polar surface area (TPSA) is 48.0 Å². The smallest absolute Gasteiger partial charge is 0.254 e. The van der Waals surface area contributed by atoms with Gasteiger partial charge in [0.15, 0.2) is 11.5 Å². The van der Waals surface area contributed by atoms with Crippen LogP contribution >= 0.6 is 0 Å². The van der Waals surface area contributed by atoms with Crippen LogP contribution in [0.3, 0.4) is 0 Å². The second-order valence-electron chi connectivity index (χ2n) is 4.69. The Morgan fingerprint density at radius 1 is 1.14 bits per heavy atom. The maximum atomic E-state index is 12.6. The van der Waals surface area contributed by atoms with Crippen molar-refractivity contribution in [1.29, 1.82) is 0 Å². The van der Waals surface area contributed by atoms with E-state index in [1.165, 1.54) is 21.3 Å². The van der Waals surface area contributed by atoms with Crippen molar-refractivity contribution >= 4 is 5.91 Å². The van der Waals surface area contributed by atoms with E-state index in [-0.39, 0.29) is 5.91 Å². The first kappa shape index (κ1) is 16.9. The summed E-state index contributed by atoms with van der Waals surface area (Å²) in [5.74, 6) is 1.30. The minimum Gasteiger partial charge on any atom is -0.493 e. The number of benzene rings is 1. The quantitative estimate of drug-likeness (QED) is 0.725. The lowest BCUT2D eigenvalue weighted by atomic mass is 10.1. The standard InChI is InChI=1S/C16H23NO4/c1-7-17(10-11(2)3)16(18)12-8-13(19-4)15(21-6)14(9-12)20-5/h8-9H,2,7,10H2,1,3-6H3.